The van der Waals surface area contributed by atoms with E-state index in [9.17, 15) is 14.7 Å². The number of alkyl carbamates (subject to hydrolysis) is 1. The van der Waals surface area contributed by atoms with E-state index >= 15 is 0 Å². The normalized spacial score (nSPS) is 12.1. The third kappa shape index (κ3) is 8.59. The van der Waals surface area contributed by atoms with E-state index < -0.39 is 23.6 Å². The summed E-state index contributed by atoms with van der Waals surface area (Å²) in [6.07, 6.45) is -0.702. The Kier molecular flexibility index (Phi) is 8.76. The molecule has 162 valence electrons. The zero-order chi connectivity index (χ0) is 22.0. The van der Waals surface area contributed by atoms with Crippen molar-refractivity contribution in [3.05, 3.63) is 65.5 Å². The van der Waals surface area contributed by atoms with Crippen LogP contribution < -0.4 is 10.6 Å². The van der Waals surface area contributed by atoms with Gasteiger partial charge in [0, 0.05) is 0 Å². The van der Waals surface area contributed by atoms with Crippen LogP contribution in [0, 0.1) is 0 Å². The van der Waals surface area contributed by atoms with Crippen LogP contribution in [0.15, 0.2) is 48.5 Å². The molecule has 8 nitrogen and oxygen atoms in total. The Labute approximate surface area is 176 Å². The minimum Gasteiger partial charge on any atom is -0.444 e. The number of amides is 2. The highest BCUT2D eigenvalue weighted by Crippen LogP contribution is 2.07. The van der Waals surface area contributed by atoms with E-state index in [0.717, 1.165) is 5.56 Å². The Morgan fingerprint density at radius 1 is 1.07 bits per heavy atom. The minimum absolute atomic E-state index is 0.0237. The molecule has 0 fully saturated rings. The first kappa shape index (κ1) is 23.3. The van der Waals surface area contributed by atoms with Crippen LogP contribution in [-0.2, 0) is 34.0 Å². The second-order valence-corrected chi connectivity index (χ2v) is 7.70. The number of nitrogens with one attached hydrogen (secondary N) is 2. The van der Waals surface area contributed by atoms with Gasteiger partial charge in [0.1, 0.15) is 11.6 Å². The molecule has 0 spiro atoms. The number of aromatic nitrogens is 1. The van der Waals surface area contributed by atoms with Crippen LogP contribution in [0.4, 0.5) is 4.79 Å². The van der Waals surface area contributed by atoms with Gasteiger partial charge in [-0.1, -0.05) is 36.4 Å². The number of nitrogens with zero attached hydrogens (tertiary/aromatic N) is 1. The molecule has 0 bridgehead atoms. The molecule has 1 aromatic carbocycles. The van der Waals surface area contributed by atoms with Crippen LogP contribution >= 0.6 is 0 Å². The van der Waals surface area contributed by atoms with Crippen LogP contribution in [0.1, 0.15) is 37.7 Å². The first-order valence-corrected chi connectivity index (χ1v) is 9.71. The fourth-order valence-corrected chi connectivity index (χ4v) is 2.52. The Balaban J connectivity index is 1.96. The Hall–Kier alpha value is -2.97. The SMILES string of the molecule is CC(C)(C)OC(=O)NC(COCc1ccccc1)C(=O)NCc1cccc(CO)n1. The number of benzene rings is 1. The van der Waals surface area contributed by atoms with Crippen LogP contribution in [0.25, 0.3) is 0 Å². The third-order valence-corrected chi connectivity index (χ3v) is 3.87. The van der Waals surface area contributed by atoms with Crippen molar-refractivity contribution in [2.24, 2.45) is 0 Å². The van der Waals surface area contributed by atoms with Gasteiger partial charge in [-0.2, -0.15) is 0 Å². The van der Waals surface area contributed by atoms with E-state index in [2.05, 4.69) is 15.6 Å². The van der Waals surface area contributed by atoms with Gasteiger partial charge in [-0.05, 0) is 38.5 Å². The van der Waals surface area contributed by atoms with Gasteiger partial charge in [0.05, 0.1) is 37.8 Å². The Morgan fingerprint density at radius 3 is 2.43 bits per heavy atom. The molecule has 1 unspecified atom stereocenters. The number of hydrogen-bond donors (Lipinski definition) is 3. The van der Waals surface area contributed by atoms with Crippen LogP contribution in [0.3, 0.4) is 0 Å². The molecular weight excluding hydrogens is 386 g/mol. The summed E-state index contributed by atoms with van der Waals surface area (Å²) in [5.74, 6) is -0.426. The lowest BCUT2D eigenvalue weighted by Gasteiger charge is -2.23. The minimum atomic E-state index is -0.940. The Morgan fingerprint density at radius 2 is 1.77 bits per heavy atom. The first-order chi connectivity index (χ1) is 14.3. The van der Waals surface area contributed by atoms with Crippen molar-refractivity contribution in [1.29, 1.82) is 0 Å². The van der Waals surface area contributed by atoms with E-state index in [-0.39, 0.29) is 19.8 Å². The van der Waals surface area contributed by atoms with Crippen molar-refractivity contribution < 1.29 is 24.2 Å². The molecule has 1 atom stereocenters. The zero-order valence-corrected chi connectivity index (χ0v) is 17.6. The molecule has 0 saturated carbocycles. The number of hydrogen-bond acceptors (Lipinski definition) is 6. The lowest BCUT2D eigenvalue weighted by atomic mass is 10.2. The van der Waals surface area contributed by atoms with Crippen LogP contribution in [0.5, 0.6) is 0 Å². The summed E-state index contributed by atoms with van der Waals surface area (Å²) in [7, 11) is 0. The number of ether oxygens (including phenoxy) is 2. The highest BCUT2D eigenvalue weighted by atomic mass is 16.6. The molecule has 0 saturated heterocycles. The summed E-state index contributed by atoms with van der Waals surface area (Å²) in [6.45, 7) is 5.48. The molecule has 2 aromatic rings. The topological polar surface area (TPSA) is 110 Å². The van der Waals surface area contributed by atoms with Crippen molar-refractivity contribution >= 4 is 12.0 Å². The predicted molar refractivity (Wildman–Crippen MR) is 111 cm³/mol. The number of aliphatic hydroxyl groups excluding tert-OH is 1. The molecule has 3 N–H and O–H groups in total. The van der Waals surface area contributed by atoms with Gasteiger partial charge in [0.15, 0.2) is 0 Å². The molecular formula is C22H29N3O5. The standard InChI is InChI=1S/C22H29N3O5/c1-22(2,3)30-21(28)25-19(15-29-14-16-8-5-4-6-9-16)20(27)23-12-17-10-7-11-18(13-26)24-17/h4-11,19,26H,12-15H2,1-3H3,(H,23,27)(H,25,28). The van der Waals surface area contributed by atoms with Crippen molar-refractivity contribution in [1.82, 2.24) is 15.6 Å². The predicted octanol–water partition coefficient (Wildman–Crippen LogP) is 2.30. The molecule has 0 aliphatic heterocycles. The summed E-state index contributed by atoms with van der Waals surface area (Å²) in [5.41, 5.74) is 1.37. The van der Waals surface area contributed by atoms with Gasteiger partial charge >= 0.3 is 6.09 Å². The van der Waals surface area contributed by atoms with E-state index in [4.69, 9.17) is 9.47 Å². The van der Waals surface area contributed by atoms with Gasteiger partial charge in [-0.25, -0.2) is 4.79 Å². The van der Waals surface area contributed by atoms with E-state index in [0.29, 0.717) is 18.0 Å². The molecule has 1 heterocycles. The quantitative estimate of drug-likeness (QED) is 0.580. The van der Waals surface area contributed by atoms with Crippen molar-refractivity contribution in [2.75, 3.05) is 6.61 Å². The molecule has 2 rings (SSSR count). The van der Waals surface area contributed by atoms with Crippen LogP contribution in [0.2, 0.25) is 0 Å². The average Bonchev–Trinajstić information content (AvgIpc) is 2.71. The monoisotopic (exact) mass is 415 g/mol. The highest BCUT2D eigenvalue weighted by Gasteiger charge is 2.24. The average molecular weight is 415 g/mol. The van der Waals surface area contributed by atoms with Crippen LogP contribution in [-0.4, -0.2) is 40.3 Å². The molecule has 30 heavy (non-hydrogen) atoms. The molecule has 0 aliphatic rings. The maximum absolute atomic E-state index is 12.7. The van der Waals surface area contributed by atoms with E-state index in [1.807, 2.05) is 30.3 Å². The molecule has 0 aliphatic carbocycles. The van der Waals surface area contributed by atoms with E-state index in [1.165, 1.54) is 0 Å². The summed E-state index contributed by atoms with van der Waals surface area (Å²) in [4.78, 5) is 29.1. The van der Waals surface area contributed by atoms with Gasteiger partial charge in [0.25, 0.3) is 0 Å². The molecule has 2 amide bonds. The largest absolute Gasteiger partial charge is 0.444 e. The number of carbonyl (C=O) groups excluding carboxylic acids is 2. The van der Waals surface area contributed by atoms with Gasteiger partial charge < -0.3 is 25.2 Å². The smallest absolute Gasteiger partial charge is 0.408 e. The van der Waals surface area contributed by atoms with Crippen molar-refractivity contribution in [3.63, 3.8) is 0 Å². The summed E-state index contributed by atoms with van der Waals surface area (Å²) in [5, 5.41) is 14.5. The second kappa shape index (κ2) is 11.3. The fourth-order valence-electron chi connectivity index (χ4n) is 2.52. The highest BCUT2D eigenvalue weighted by molar-refractivity contribution is 5.85. The number of pyridine rings is 1. The lowest BCUT2D eigenvalue weighted by molar-refractivity contribution is -0.125. The molecule has 0 radical (unpaired) electrons. The molecule has 8 heteroatoms. The molecule has 1 aromatic heterocycles. The lowest BCUT2D eigenvalue weighted by Crippen LogP contribution is -2.50. The number of aliphatic hydroxyl groups is 1. The van der Waals surface area contributed by atoms with Gasteiger partial charge in [-0.15, -0.1) is 0 Å². The maximum Gasteiger partial charge on any atom is 0.408 e. The third-order valence-electron chi connectivity index (χ3n) is 3.87. The summed E-state index contributed by atoms with van der Waals surface area (Å²) < 4.78 is 10.9. The Bertz CT molecular complexity index is 821. The van der Waals surface area contributed by atoms with Gasteiger partial charge in [0.2, 0.25) is 5.91 Å². The van der Waals surface area contributed by atoms with Gasteiger partial charge in [-0.3, -0.25) is 9.78 Å². The number of carbonyl (C=O) groups is 2. The van der Waals surface area contributed by atoms with Crippen molar-refractivity contribution in [3.8, 4) is 0 Å². The maximum atomic E-state index is 12.7. The van der Waals surface area contributed by atoms with E-state index in [1.54, 1.807) is 39.0 Å². The first-order valence-electron chi connectivity index (χ1n) is 9.71. The van der Waals surface area contributed by atoms with Crippen molar-refractivity contribution in [2.45, 2.75) is 52.2 Å². The zero-order valence-electron chi connectivity index (χ0n) is 17.6. The second-order valence-electron chi connectivity index (χ2n) is 7.70. The number of rotatable bonds is 9. The summed E-state index contributed by atoms with van der Waals surface area (Å²) >= 11 is 0. The fraction of sp³-hybridized carbons (Fsp3) is 0.409. The summed E-state index contributed by atoms with van der Waals surface area (Å²) in [6, 6.07) is 13.8.